The van der Waals surface area contributed by atoms with Gasteiger partial charge in [0.15, 0.2) is 0 Å². The Morgan fingerprint density at radius 2 is 1.93 bits per heavy atom. The summed E-state index contributed by atoms with van der Waals surface area (Å²) in [4.78, 5) is 30.0. The Balaban J connectivity index is 1.53. The predicted molar refractivity (Wildman–Crippen MR) is 106 cm³/mol. The molecule has 1 saturated heterocycles. The summed E-state index contributed by atoms with van der Waals surface area (Å²) in [5.41, 5.74) is 7.83. The number of carbonyl (C=O) groups is 2. The molecule has 1 aromatic heterocycles. The van der Waals surface area contributed by atoms with Crippen LogP contribution in [0.25, 0.3) is 0 Å². The van der Waals surface area contributed by atoms with Gasteiger partial charge in [0.25, 0.3) is 0 Å². The van der Waals surface area contributed by atoms with Crippen molar-refractivity contribution in [2.45, 2.75) is 26.3 Å². The number of piperidine rings is 1. The lowest BCUT2D eigenvalue weighted by Gasteiger charge is -2.32. The van der Waals surface area contributed by atoms with Crippen molar-refractivity contribution >= 4 is 29.2 Å². The predicted octanol–water partition coefficient (Wildman–Crippen LogP) is 2.68. The van der Waals surface area contributed by atoms with E-state index in [0.29, 0.717) is 30.5 Å². The van der Waals surface area contributed by atoms with Gasteiger partial charge in [-0.1, -0.05) is 41.4 Å². The largest absolute Gasteiger partial charge is 0.366 e. The van der Waals surface area contributed by atoms with Crippen LogP contribution in [0.3, 0.4) is 0 Å². The van der Waals surface area contributed by atoms with Crippen molar-refractivity contribution in [3.63, 3.8) is 0 Å². The van der Waals surface area contributed by atoms with E-state index in [0.717, 1.165) is 18.4 Å². The van der Waals surface area contributed by atoms with Crippen LogP contribution in [0.2, 0.25) is 5.02 Å². The molecule has 0 aliphatic carbocycles. The van der Waals surface area contributed by atoms with Crippen molar-refractivity contribution < 1.29 is 9.59 Å². The van der Waals surface area contributed by atoms with Gasteiger partial charge < -0.3 is 16.0 Å². The molecular formula is C20H23ClN4O2. The third kappa shape index (κ3) is 4.77. The minimum Gasteiger partial charge on any atom is -0.366 e. The van der Waals surface area contributed by atoms with Gasteiger partial charge in [-0.2, -0.15) is 0 Å². The molecule has 6 nitrogen and oxygen atoms in total. The van der Waals surface area contributed by atoms with Crippen LogP contribution in [0, 0.1) is 12.8 Å². The quantitative estimate of drug-likeness (QED) is 0.826. The van der Waals surface area contributed by atoms with E-state index in [9.17, 15) is 9.59 Å². The molecule has 0 atom stereocenters. The molecule has 1 fully saturated rings. The molecule has 0 spiro atoms. The van der Waals surface area contributed by atoms with Crippen LogP contribution >= 0.6 is 11.6 Å². The van der Waals surface area contributed by atoms with E-state index in [1.165, 1.54) is 17.8 Å². The van der Waals surface area contributed by atoms with Crippen LogP contribution in [0.5, 0.6) is 0 Å². The number of aromatic nitrogens is 1. The molecule has 2 aromatic rings. The maximum atomic E-state index is 12.4. The number of pyridine rings is 1. The first-order valence-electron chi connectivity index (χ1n) is 8.97. The second kappa shape index (κ2) is 8.39. The molecule has 0 saturated carbocycles. The molecule has 27 heavy (non-hydrogen) atoms. The first-order valence-corrected chi connectivity index (χ1v) is 9.35. The van der Waals surface area contributed by atoms with E-state index in [1.54, 1.807) is 0 Å². The summed E-state index contributed by atoms with van der Waals surface area (Å²) in [6.07, 6.45) is 2.90. The van der Waals surface area contributed by atoms with Gasteiger partial charge in [0.2, 0.25) is 11.8 Å². The maximum absolute atomic E-state index is 12.4. The van der Waals surface area contributed by atoms with Crippen LogP contribution in [-0.4, -0.2) is 29.9 Å². The van der Waals surface area contributed by atoms with Crippen molar-refractivity contribution in [3.8, 4) is 0 Å². The Labute approximate surface area is 163 Å². The summed E-state index contributed by atoms with van der Waals surface area (Å²) in [5, 5.41) is 3.42. The molecule has 3 N–H and O–H groups in total. The Morgan fingerprint density at radius 3 is 2.52 bits per heavy atom. The zero-order chi connectivity index (χ0) is 19.4. The van der Waals surface area contributed by atoms with E-state index in [-0.39, 0.29) is 17.4 Å². The summed E-state index contributed by atoms with van der Waals surface area (Å²) in [6.45, 7) is 3.95. The Hall–Kier alpha value is -2.60. The summed E-state index contributed by atoms with van der Waals surface area (Å²) in [6, 6.07) is 9.68. The highest BCUT2D eigenvalue weighted by Gasteiger charge is 2.26. The number of halogens is 1. The number of amides is 2. The van der Waals surface area contributed by atoms with E-state index >= 15 is 0 Å². The minimum atomic E-state index is -0.556. The Kier molecular flexibility index (Phi) is 5.96. The summed E-state index contributed by atoms with van der Waals surface area (Å²) in [5.74, 6) is 0.133. The SMILES string of the molecule is Cc1ccc(CNC(=O)C2CCN(c3ncc(C(N)=O)cc3Cl)CC2)cc1. The Bertz CT molecular complexity index is 830. The Morgan fingerprint density at radius 1 is 1.26 bits per heavy atom. The fourth-order valence-corrected chi connectivity index (χ4v) is 3.48. The molecular weight excluding hydrogens is 364 g/mol. The summed E-state index contributed by atoms with van der Waals surface area (Å²) in [7, 11) is 0. The van der Waals surface area contributed by atoms with Crippen molar-refractivity contribution in [2.24, 2.45) is 11.7 Å². The molecule has 142 valence electrons. The van der Waals surface area contributed by atoms with Crippen molar-refractivity contribution in [2.75, 3.05) is 18.0 Å². The van der Waals surface area contributed by atoms with E-state index in [1.807, 2.05) is 36.1 Å². The third-order valence-corrected chi connectivity index (χ3v) is 5.14. The molecule has 7 heteroatoms. The number of primary amides is 1. The zero-order valence-electron chi connectivity index (χ0n) is 15.2. The number of hydrogen-bond donors (Lipinski definition) is 2. The summed E-state index contributed by atoms with van der Waals surface area (Å²) < 4.78 is 0. The fourth-order valence-electron chi connectivity index (χ4n) is 3.19. The minimum absolute atomic E-state index is 0.0182. The summed E-state index contributed by atoms with van der Waals surface area (Å²) >= 11 is 6.24. The molecule has 0 bridgehead atoms. The number of aryl methyl sites for hydroxylation is 1. The third-order valence-electron chi connectivity index (χ3n) is 4.86. The first kappa shape index (κ1) is 19.2. The van der Waals surface area contributed by atoms with Gasteiger partial charge in [-0.15, -0.1) is 0 Å². The normalized spacial score (nSPS) is 14.8. The van der Waals surface area contributed by atoms with Gasteiger partial charge in [0, 0.05) is 31.7 Å². The topological polar surface area (TPSA) is 88.3 Å². The van der Waals surface area contributed by atoms with Gasteiger partial charge >= 0.3 is 0 Å². The smallest absolute Gasteiger partial charge is 0.250 e. The van der Waals surface area contributed by atoms with Crippen LogP contribution < -0.4 is 16.0 Å². The zero-order valence-corrected chi connectivity index (χ0v) is 16.0. The number of benzene rings is 1. The molecule has 1 aliphatic rings. The number of nitrogens with zero attached hydrogens (tertiary/aromatic N) is 2. The molecule has 0 radical (unpaired) electrons. The van der Waals surface area contributed by atoms with Gasteiger partial charge in [-0.05, 0) is 31.4 Å². The highest BCUT2D eigenvalue weighted by Crippen LogP contribution is 2.28. The second-order valence-electron chi connectivity index (χ2n) is 6.86. The van der Waals surface area contributed by atoms with Crippen molar-refractivity contribution in [1.82, 2.24) is 10.3 Å². The van der Waals surface area contributed by atoms with Gasteiger partial charge in [0.05, 0.1) is 10.6 Å². The maximum Gasteiger partial charge on any atom is 0.250 e. The van der Waals surface area contributed by atoms with Crippen LogP contribution in [0.1, 0.15) is 34.3 Å². The highest BCUT2D eigenvalue weighted by molar-refractivity contribution is 6.33. The van der Waals surface area contributed by atoms with Crippen LogP contribution in [0.4, 0.5) is 5.82 Å². The lowest BCUT2D eigenvalue weighted by Crippen LogP contribution is -2.40. The van der Waals surface area contributed by atoms with Gasteiger partial charge in [-0.25, -0.2) is 4.98 Å². The number of nitrogens with one attached hydrogen (secondary N) is 1. The molecule has 0 unspecified atom stereocenters. The van der Waals surface area contributed by atoms with Gasteiger partial charge in [-0.3, -0.25) is 9.59 Å². The van der Waals surface area contributed by atoms with Crippen LogP contribution in [0.15, 0.2) is 36.5 Å². The molecule has 1 aliphatic heterocycles. The van der Waals surface area contributed by atoms with Crippen molar-refractivity contribution in [1.29, 1.82) is 0 Å². The number of rotatable bonds is 5. The molecule has 2 amide bonds. The van der Waals surface area contributed by atoms with Crippen molar-refractivity contribution in [3.05, 3.63) is 58.2 Å². The number of anilines is 1. The second-order valence-corrected chi connectivity index (χ2v) is 7.27. The number of carbonyl (C=O) groups excluding carboxylic acids is 2. The lowest BCUT2D eigenvalue weighted by molar-refractivity contribution is -0.125. The van der Waals surface area contributed by atoms with E-state index in [2.05, 4.69) is 10.3 Å². The van der Waals surface area contributed by atoms with Crippen LogP contribution in [-0.2, 0) is 11.3 Å². The highest BCUT2D eigenvalue weighted by atomic mass is 35.5. The van der Waals surface area contributed by atoms with E-state index < -0.39 is 5.91 Å². The standard InChI is InChI=1S/C20H23ClN4O2/c1-13-2-4-14(5-3-13)11-24-20(27)15-6-8-25(9-7-15)19-17(21)10-16(12-23-19)18(22)26/h2-5,10,12,15H,6-9,11H2,1H3,(H2,22,26)(H,24,27). The lowest BCUT2D eigenvalue weighted by atomic mass is 9.95. The average Bonchev–Trinajstić information content (AvgIpc) is 2.67. The fraction of sp³-hybridized carbons (Fsp3) is 0.350. The molecule has 1 aromatic carbocycles. The monoisotopic (exact) mass is 386 g/mol. The average molecular weight is 387 g/mol. The van der Waals surface area contributed by atoms with E-state index in [4.69, 9.17) is 17.3 Å². The molecule has 2 heterocycles. The number of nitrogens with two attached hydrogens (primary N) is 1. The number of hydrogen-bond acceptors (Lipinski definition) is 4. The molecule has 3 rings (SSSR count). The van der Waals surface area contributed by atoms with Gasteiger partial charge in [0.1, 0.15) is 5.82 Å². The first-order chi connectivity index (χ1) is 12.9.